The van der Waals surface area contributed by atoms with Crippen LogP contribution in [0.5, 0.6) is 0 Å². The minimum atomic E-state index is -5.78. The van der Waals surface area contributed by atoms with Crippen LogP contribution in [-0.2, 0) is 0 Å². The van der Waals surface area contributed by atoms with Gasteiger partial charge in [0.1, 0.15) is 0 Å². The molecular formula is C10H14F6O2. The summed E-state index contributed by atoms with van der Waals surface area (Å²) in [6, 6.07) is 0. The third-order valence-corrected chi connectivity index (χ3v) is 3.52. The molecule has 1 aliphatic carbocycles. The van der Waals surface area contributed by atoms with Crippen molar-refractivity contribution in [3.8, 4) is 0 Å². The van der Waals surface area contributed by atoms with Crippen molar-refractivity contribution in [2.24, 2.45) is 5.92 Å². The van der Waals surface area contributed by atoms with Gasteiger partial charge in [0, 0.05) is 5.92 Å². The van der Waals surface area contributed by atoms with Crippen LogP contribution in [0, 0.1) is 5.92 Å². The summed E-state index contributed by atoms with van der Waals surface area (Å²) < 4.78 is 75.3. The third-order valence-electron chi connectivity index (χ3n) is 3.52. The second-order valence-electron chi connectivity index (χ2n) is 5.03. The highest BCUT2D eigenvalue weighted by Crippen LogP contribution is 2.52. The Labute approximate surface area is 99.6 Å². The first-order valence-corrected chi connectivity index (χ1v) is 5.39. The third kappa shape index (κ3) is 2.59. The van der Waals surface area contributed by atoms with Gasteiger partial charge < -0.3 is 10.2 Å². The minimum Gasteiger partial charge on any atom is -0.390 e. The molecule has 2 N–H and O–H groups in total. The van der Waals surface area contributed by atoms with Gasteiger partial charge in [0.15, 0.2) is 0 Å². The highest BCUT2D eigenvalue weighted by Gasteiger charge is 2.73. The normalized spacial score (nSPS) is 31.5. The second kappa shape index (κ2) is 4.26. The summed E-state index contributed by atoms with van der Waals surface area (Å²) in [6.45, 7) is 1.35. The fourth-order valence-electron chi connectivity index (χ4n) is 2.28. The molecule has 0 atom stereocenters. The predicted octanol–water partition coefficient (Wildman–Crippen LogP) is 2.78. The van der Waals surface area contributed by atoms with Crippen LogP contribution in [0.25, 0.3) is 0 Å². The van der Waals surface area contributed by atoms with Gasteiger partial charge in [0.2, 0.25) is 0 Å². The van der Waals surface area contributed by atoms with E-state index in [9.17, 15) is 31.4 Å². The first-order chi connectivity index (χ1) is 7.81. The predicted molar refractivity (Wildman–Crippen MR) is 49.6 cm³/mol. The lowest BCUT2D eigenvalue weighted by Crippen LogP contribution is -2.62. The van der Waals surface area contributed by atoms with E-state index < -0.39 is 42.3 Å². The van der Waals surface area contributed by atoms with Crippen LogP contribution in [-0.4, -0.2) is 33.8 Å². The van der Waals surface area contributed by atoms with E-state index in [1.54, 1.807) is 0 Å². The summed E-state index contributed by atoms with van der Waals surface area (Å²) in [5, 5.41) is 18.7. The molecule has 0 saturated heterocycles. The standard InChI is InChI=1S/C10H14F6O2/c1-7(17)4-2-6(3-5-7)8(18,9(11,12)13)10(14,15)16/h6,17-18H,2-5H2,1H3/t6-,7-. The highest BCUT2D eigenvalue weighted by atomic mass is 19.4. The lowest BCUT2D eigenvalue weighted by Gasteiger charge is -2.43. The number of halogens is 6. The molecule has 0 aromatic rings. The Hall–Kier alpha value is -0.500. The number of hydrogen-bond acceptors (Lipinski definition) is 2. The van der Waals surface area contributed by atoms with Gasteiger partial charge in [-0.2, -0.15) is 26.3 Å². The summed E-state index contributed by atoms with van der Waals surface area (Å²) in [7, 11) is 0. The molecule has 0 unspecified atom stereocenters. The van der Waals surface area contributed by atoms with Crippen LogP contribution >= 0.6 is 0 Å². The maximum absolute atomic E-state index is 12.5. The van der Waals surface area contributed by atoms with Gasteiger partial charge >= 0.3 is 12.4 Å². The molecule has 0 bridgehead atoms. The smallest absolute Gasteiger partial charge is 0.390 e. The molecule has 8 heteroatoms. The molecule has 1 aliphatic rings. The lowest BCUT2D eigenvalue weighted by molar-refractivity contribution is -0.388. The van der Waals surface area contributed by atoms with Crippen molar-refractivity contribution in [3.05, 3.63) is 0 Å². The summed E-state index contributed by atoms with van der Waals surface area (Å²) >= 11 is 0. The van der Waals surface area contributed by atoms with Gasteiger partial charge in [-0.1, -0.05) is 0 Å². The van der Waals surface area contributed by atoms with Crippen LogP contribution < -0.4 is 0 Å². The number of hydrogen-bond donors (Lipinski definition) is 2. The number of rotatable bonds is 1. The van der Waals surface area contributed by atoms with Crippen LogP contribution in [0.2, 0.25) is 0 Å². The molecular weight excluding hydrogens is 266 g/mol. The maximum Gasteiger partial charge on any atom is 0.426 e. The SMILES string of the molecule is C[C@]1(O)CC[C@H](C(O)(C(F)(F)F)C(F)(F)F)CC1. The van der Waals surface area contributed by atoms with E-state index in [0.717, 1.165) is 0 Å². The average molecular weight is 280 g/mol. The number of aliphatic hydroxyl groups is 2. The first kappa shape index (κ1) is 15.6. The highest BCUT2D eigenvalue weighted by molar-refractivity contribution is 5.02. The Kier molecular flexibility index (Phi) is 3.68. The van der Waals surface area contributed by atoms with E-state index in [1.165, 1.54) is 6.92 Å². The molecule has 0 heterocycles. The van der Waals surface area contributed by atoms with E-state index in [0.29, 0.717) is 0 Å². The minimum absolute atomic E-state index is 0.202. The monoisotopic (exact) mass is 280 g/mol. The van der Waals surface area contributed by atoms with Crippen LogP contribution in [0.15, 0.2) is 0 Å². The molecule has 1 rings (SSSR count). The zero-order valence-electron chi connectivity index (χ0n) is 9.57. The second-order valence-corrected chi connectivity index (χ2v) is 5.03. The van der Waals surface area contributed by atoms with Crippen molar-refractivity contribution in [1.82, 2.24) is 0 Å². The maximum atomic E-state index is 12.5. The molecule has 0 aromatic heterocycles. The van der Waals surface area contributed by atoms with Crippen LogP contribution in [0.3, 0.4) is 0 Å². The Morgan fingerprint density at radius 2 is 1.28 bits per heavy atom. The van der Waals surface area contributed by atoms with Gasteiger partial charge in [-0.3, -0.25) is 0 Å². The molecule has 2 nitrogen and oxygen atoms in total. The molecule has 1 fully saturated rings. The van der Waals surface area contributed by atoms with E-state index in [2.05, 4.69) is 0 Å². The van der Waals surface area contributed by atoms with Crippen molar-refractivity contribution in [2.45, 2.75) is 56.2 Å². The molecule has 1 saturated carbocycles. The van der Waals surface area contributed by atoms with Gasteiger partial charge in [0.05, 0.1) is 5.60 Å². The number of alkyl halides is 6. The summed E-state index contributed by atoms with van der Waals surface area (Å²) in [5.74, 6) is -1.97. The fourth-order valence-corrected chi connectivity index (χ4v) is 2.28. The fraction of sp³-hybridized carbons (Fsp3) is 1.00. The average Bonchev–Trinajstić information content (AvgIpc) is 2.13. The van der Waals surface area contributed by atoms with Crippen LogP contribution in [0.4, 0.5) is 26.3 Å². The Morgan fingerprint density at radius 1 is 0.944 bits per heavy atom. The van der Waals surface area contributed by atoms with E-state index in [4.69, 9.17) is 5.11 Å². The molecule has 108 valence electrons. The van der Waals surface area contributed by atoms with Crippen molar-refractivity contribution < 1.29 is 36.6 Å². The summed E-state index contributed by atoms with van der Waals surface area (Å²) in [6.07, 6.45) is -13.0. The largest absolute Gasteiger partial charge is 0.426 e. The van der Waals surface area contributed by atoms with Crippen LogP contribution in [0.1, 0.15) is 32.6 Å². The molecule has 0 aromatic carbocycles. The molecule has 18 heavy (non-hydrogen) atoms. The van der Waals surface area contributed by atoms with Gasteiger partial charge in [0.25, 0.3) is 5.60 Å². The summed E-state index contributed by atoms with van der Waals surface area (Å²) in [5.41, 5.74) is -5.97. The molecule has 0 radical (unpaired) electrons. The van der Waals surface area contributed by atoms with Gasteiger partial charge in [-0.15, -0.1) is 0 Å². The van der Waals surface area contributed by atoms with Gasteiger partial charge in [-0.25, -0.2) is 0 Å². The van der Waals surface area contributed by atoms with Crippen molar-refractivity contribution in [2.75, 3.05) is 0 Å². The van der Waals surface area contributed by atoms with Gasteiger partial charge in [-0.05, 0) is 32.6 Å². The zero-order valence-corrected chi connectivity index (χ0v) is 9.57. The van der Waals surface area contributed by atoms with E-state index >= 15 is 0 Å². The first-order valence-electron chi connectivity index (χ1n) is 5.39. The Balaban J connectivity index is 3.01. The Bertz CT molecular complexity index is 282. The summed E-state index contributed by atoms with van der Waals surface area (Å²) in [4.78, 5) is 0. The lowest BCUT2D eigenvalue weighted by atomic mass is 9.71. The molecule has 0 amide bonds. The zero-order chi connectivity index (χ0) is 14.4. The van der Waals surface area contributed by atoms with Crippen molar-refractivity contribution >= 4 is 0 Å². The molecule has 0 aliphatic heterocycles. The molecule has 0 spiro atoms. The van der Waals surface area contributed by atoms with E-state index in [1.807, 2.05) is 0 Å². The van der Waals surface area contributed by atoms with Crippen molar-refractivity contribution in [1.29, 1.82) is 0 Å². The van der Waals surface area contributed by atoms with Crippen molar-refractivity contribution in [3.63, 3.8) is 0 Å². The topological polar surface area (TPSA) is 40.5 Å². The van der Waals surface area contributed by atoms with E-state index in [-0.39, 0.29) is 12.8 Å². The quantitative estimate of drug-likeness (QED) is 0.725. The Morgan fingerprint density at radius 3 is 1.56 bits per heavy atom.